The van der Waals surface area contributed by atoms with Crippen LogP contribution in [0, 0.1) is 0 Å². The highest BCUT2D eigenvalue weighted by atomic mass is 79.9. The summed E-state index contributed by atoms with van der Waals surface area (Å²) in [6.45, 7) is 3.61. The summed E-state index contributed by atoms with van der Waals surface area (Å²) in [5.41, 5.74) is 5.68. The fourth-order valence-electron chi connectivity index (χ4n) is 0.619. The summed E-state index contributed by atoms with van der Waals surface area (Å²) in [5.74, 6) is 0. The van der Waals surface area contributed by atoms with E-state index in [1.165, 1.54) is 0 Å². The van der Waals surface area contributed by atoms with Crippen molar-refractivity contribution >= 4 is 27.3 Å². The molecule has 0 amide bonds. The average molecular weight is 218 g/mol. The second-order valence-corrected chi connectivity index (χ2v) is 3.79. The Labute approximate surface area is 72.7 Å². The molecule has 2 N–H and O–H groups in total. The molecule has 0 bridgehead atoms. The minimum atomic E-state index is -0.0173. The van der Waals surface area contributed by atoms with Crippen molar-refractivity contribution in [3.05, 3.63) is 33.5 Å². The van der Waals surface area contributed by atoms with Crippen LogP contribution in [0.2, 0.25) is 0 Å². The van der Waals surface area contributed by atoms with Crippen LogP contribution in [0.1, 0.15) is 10.9 Å². The number of nitrogens with two attached hydrogens (primary N) is 1. The zero-order chi connectivity index (χ0) is 7.56. The predicted molar refractivity (Wildman–Crippen MR) is 49.1 cm³/mol. The van der Waals surface area contributed by atoms with E-state index in [-0.39, 0.29) is 6.04 Å². The molecule has 0 radical (unpaired) electrons. The monoisotopic (exact) mass is 217 g/mol. The Morgan fingerprint density at radius 3 is 2.90 bits per heavy atom. The Bertz CT molecular complexity index is 231. The molecule has 0 spiro atoms. The first-order chi connectivity index (χ1) is 4.74. The lowest BCUT2D eigenvalue weighted by molar-refractivity contribution is 0.939. The predicted octanol–water partition coefficient (Wildman–Crippen LogP) is 2.70. The molecule has 0 aromatic carbocycles. The van der Waals surface area contributed by atoms with Gasteiger partial charge in [-0.05, 0) is 22.0 Å². The molecule has 0 saturated heterocycles. The van der Waals surface area contributed by atoms with Crippen LogP contribution in [0.5, 0.6) is 0 Å². The van der Waals surface area contributed by atoms with Crippen LogP contribution in [0.3, 0.4) is 0 Å². The zero-order valence-electron chi connectivity index (χ0n) is 5.38. The number of halogens is 1. The smallest absolute Gasteiger partial charge is 0.0573 e. The molecule has 1 rings (SSSR count). The summed E-state index contributed by atoms with van der Waals surface area (Å²) in [7, 11) is 0. The summed E-state index contributed by atoms with van der Waals surface area (Å²) >= 11 is 4.99. The highest BCUT2D eigenvalue weighted by Crippen LogP contribution is 2.24. The van der Waals surface area contributed by atoms with Gasteiger partial charge in [-0.2, -0.15) is 0 Å². The van der Waals surface area contributed by atoms with E-state index < -0.39 is 0 Å². The van der Waals surface area contributed by atoms with E-state index in [0.29, 0.717) is 0 Å². The van der Waals surface area contributed by atoms with Crippen molar-refractivity contribution in [3.8, 4) is 0 Å². The fourth-order valence-corrected chi connectivity index (χ4v) is 2.06. The maximum Gasteiger partial charge on any atom is 0.0573 e. The summed E-state index contributed by atoms with van der Waals surface area (Å²) in [6.07, 6.45) is 1.73. The third kappa shape index (κ3) is 1.68. The molecule has 0 aliphatic heterocycles. The molecular formula is C7H8BrNS. The third-order valence-electron chi connectivity index (χ3n) is 1.17. The van der Waals surface area contributed by atoms with Crippen molar-refractivity contribution in [2.75, 3.05) is 0 Å². The van der Waals surface area contributed by atoms with Crippen molar-refractivity contribution in [1.82, 2.24) is 0 Å². The second kappa shape index (κ2) is 3.32. The zero-order valence-corrected chi connectivity index (χ0v) is 7.78. The van der Waals surface area contributed by atoms with Crippen molar-refractivity contribution in [3.63, 3.8) is 0 Å². The van der Waals surface area contributed by atoms with Crippen LogP contribution in [-0.2, 0) is 0 Å². The lowest BCUT2D eigenvalue weighted by atomic mass is 10.2. The minimum absolute atomic E-state index is 0.0173. The summed E-state index contributed by atoms with van der Waals surface area (Å²) in [6, 6.07) is 1.99. The van der Waals surface area contributed by atoms with Gasteiger partial charge in [-0.1, -0.05) is 6.08 Å². The van der Waals surface area contributed by atoms with Gasteiger partial charge in [0.05, 0.1) is 6.04 Å². The fraction of sp³-hybridized carbons (Fsp3) is 0.143. The van der Waals surface area contributed by atoms with Gasteiger partial charge in [0.15, 0.2) is 0 Å². The van der Waals surface area contributed by atoms with E-state index in [1.807, 2.05) is 11.4 Å². The highest BCUT2D eigenvalue weighted by molar-refractivity contribution is 9.10. The van der Waals surface area contributed by atoms with Crippen molar-refractivity contribution < 1.29 is 0 Å². The molecule has 1 nitrogen and oxygen atoms in total. The van der Waals surface area contributed by atoms with Gasteiger partial charge in [-0.3, -0.25) is 0 Å². The van der Waals surface area contributed by atoms with Crippen LogP contribution in [0.15, 0.2) is 28.6 Å². The summed E-state index contributed by atoms with van der Waals surface area (Å²) in [5, 5.41) is 2.01. The van der Waals surface area contributed by atoms with Crippen molar-refractivity contribution in [2.24, 2.45) is 5.73 Å². The largest absolute Gasteiger partial charge is 0.320 e. The topological polar surface area (TPSA) is 26.0 Å². The van der Waals surface area contributed by atoms with Crippen LogP contribution in [0.4, 0.5) is 0 Å². The Morgan fingerprint density at radius 1 is 1.80 bits per heavy atom. The third-order valence-corrected chi connectivity index (χ3v) is 2.97. The SMILES string of the molecule is C=C[C@@H](N)c1cc(Br)cs1. The van der Waals surface area contributed by atoms with E-state index in [1.54, 1.807) is 17.4 Å². The van der Waals surface area contributed by atoms with Gasteiger partial charge < -0.3 is 5.73 Å². The standard InChI is InChI=1S/C7H8BrNS/c1-2-6(9)7-3-5(8)4-10-7/h2-4,6H,1,9H2/t6-/m1/s1. The minimum Gasteiger partial charge on any atom is -0.320 e. The van der Waals surface area contributed by atoms with Crippen LogP contribution in [0.25, 0.3) is 0 Å². The van der Waals surface area contributed by atoms with Gasteiger partial charge in [0, 0.05) is 14.7 Å². The van der Waals surface area contributed by atoms with Gasteiger partial charge in [-0.15, -0.1) is 17.9 Å². The average Bonchev–Trinajstić information content (AvgIpc) is 2.34. The number of rotatable bonds is 2. The summed E-state index contributed by atoms with van der Waals surface area (Å²) in [4.78, 5) is 1.14. The quantitative estimate of drug-likeness (QED) is 0.759. The number of hydrogen-bond donors (Lipinski definition) is 1. The van der Waals surface area contributed by atoms with E-state index in [4.69, 9.17) is 5.73 Å². The molecule has 3 heteroatoms. The van der Waals surface area contributed by atoms with Crippen LogP contribution < -0.4 is 5.73 Å². The van der Waals surface area contributed by atoms with Crippen molar-refractivity contribution in [1.29, 1.82) is 0 Å². The Kier molecular flexibility index (Phi) is 2.65. The molecular weight excluding hydrogens is 210 g/mol. The summed E-state index contributed by atoms with van der Waals surface area (Å²) < 4.78 is 1.09. The molecule has 0 aliphatic rings. The Balaban J connectivity index is 2.84. The maximum absolute atomic E-state index is 5.68. The van der Waals surface area contributed by atoms with Gasteiger partial charge in [-0.25, -0.2) is 0 Å². The van der Waals surface area contributed by atoms with E-state index in [9.17, 15) is 0 Å². The first-order valence-corrected chi connectivity index (χ1v) is 4.53. The molecule has 0 aliphatic carbocycles. The van der Waals surface area contributed by atoms with Gasteiger partial charge in [0.1, 0.15) is 0 Å². The van der Waals surface area contributed by atoms with E-state index >= 15 is 0 Å². The van der Waals surface area contributed by atoms with Gasteiger partial charge >= 0.3 is 0 Å². The first kappa shape index (κ1) is 7.98. The van der Waals surface area contributed by atoms with Crippen LogP contribution in [-0.4, -0.2) is 0 Å². The first-order valence-electron chi connectivity index (χ1n) is 2.86. The lowest BCUT2D eigenvalue weighted by Gasteiger charge is -1.98. The normalized spacial score (nSPS) is 13.0. The molecule has 1 atom stereocenters. The molecule has 1 aromatic heterocycles. The Morgan fingerprint density at radius 2 is 2.50 bits per heavy atom. The molecule has 0 fully saturated rings. The lowest BCUT2D eigenvalue weighted by Crippen LogP contribution is -2.03. The number of hydrogen-bond acceptors (Lipinski definition) is 2. The number of thiophene rings is 1. The molecule has 1 aromatic rings. The van der Waals surface area contributed by atoms with Crippen molar-refractivity contribution in [2.45, 2.75) is 6.04 Å². The van der Waals surface area contributed by atoms with E-state index in [0.717, 1.165) is 9.35 Å². The molecule has 54 valence electrons. The van der Waals surface area contributed by atoms with Gasteiger partial charge in [0.25, 0.3) is 0 Å². The molecule has 0 saturated carbocycles. The highest BCUT2D eigenvalue weighted by Gasteiger charge is 2.02. The van der Waals surface area contributed by atoms with Crippen LogP contribution >= 0.6 is 27.3 Å². The van der Waals surface area contributed by atoms with E-state index in [2.05, 4.69) is 22.5 Å². The molecule has 1 heterocycles. The Hall–Kier alpha value is -0.120. The second-order valence-electron chi connectivity index (χ2n) is 1.93. The van der Waals surface area contributed by atoms with Gasteiger partial charge in [0.2, 0.25) is 0 Å². The molecule has 0 unspecified atom stereocenters. The maximum atomic E-state index is 5.68. The molecule has 10 heavy (non-hydrogen) atoms.